The van der Waals surface area contributed by atoms with E-state index in [0.29, 0.717) is 12.3 Å². The molecule has 1 amide bonds. The molecule has 1 saturated carbocycles. The van der Waals surface area contributed by atoms with E-state index >= 15 is 0 Å². The van der Waals surface area contributed by atoms with Crippen LogP contribution < -0.4 is 5.32 Å². The van der Waals surface area contributed by atoms with Crippen molar-refractivity contribution in [3.63, 3.8) is 0 Å². The highest BCUT2D eigenvalue weighted by Crippen LogP contribution is 2.31. The summed E-state index contributed by atoms with van der Waals surface area (Å²) in [5.74, 6) is 0.706. The van der Waals surface area contributed by atoms with Crippen LogP contribution in [0.3, 0.4) is 0 Å². The van der Waals surface area contributed by atoms with Crippen LogP contribution in [0.2, 0.25) is 0 Å². The molecule has 1 saturated heterocycles. The van der Waals surface area contributed by atoms with Crippen LogP contribution in [-0.2, 0) is 4.79 Å². The molecular formula is C16H21BrN2O. The van der Waals surface area contributed by atoms with E-state index in [1.54, 1.807) is 0 Å². The van der Waals surface area contributed by atoms with E-state index in [9.17, 15) is 4.79 Å². The number of rotatable bonds is 4. The first-order valence-corrected chi connectivity index (χ1v) is 8.29. The molecule has 3 nitrogen and oxygen atoms in total. The van der Waals surface area contributed by atoms with Crippen LogP contribution in [0.4, 0.5) is 5.69 Å². The zero-order valence-electron chi connectivity index (χ0n) is 11.6. The quantitative estimate of drug-likeness (QED) is 0.910. The molecule has 108 valence electrons. The summed E-state index contributed by atoms with van der Waals surface area (Å²) < 4.78 is 1.03. The molecule has 4 heteroatoms. The summed E-state index contributed by atoms with van der Waals surface area (Å²) >= 11 is 3.40. The Bertz CT molecular complexity index is 462. The third-order valence-corrected chi connectivity index (χ3v) is 4.84. The molecule has 0 bridgehead atoms. The zero-order valence-corrected chi connectivity index (χ0v) is 13.2. The smallest absolute Gasteiger partial charge is 0.224 e. The number of halogens is 1. The lowest BCUT2D eigenvalue weighted by Gasteiger charge is -2.31. The van der Waals surface area contributed by atoms with Gasteiger partial charge in [-0.1, -0.05) is 15.9 Å². The maximum absolute atomic E-state index is 12.1. The van der Waals surface area contributed by atoms with Crippen LogP contribution in [-0.4, -0.2) is 29.9 Å². The third-order valence-electron chi connectivity index (χ3n) is 4.31. The summed E-state index contributed by atoms with van der Waals surface area (Å²) in [6.45, 7) is 2.36. The molecule has 0 atom stereocenters. The average molecular weight is 337 g/mol. The van der Waals surface area contributed by atoms with Crippen LogP contribution in [0, 0.1) is 5.92 Å². The molecular weight excluding hydrogens is 316 g/mol. The van der Waals surface area contributed by atoms with Gasteiger partial charge < -0.3 is 10.2 Å². The minimum atomic E-state index is 0.150. The molecule has 20 heavy (non-hydrogen) atoms. The summed E-state index contributed by atoms with van der Waals surface area (Å²) in [6, 6.07) is 8.62. The summed E-state index contributed by atoms with van der Waals surface area (Å²) in [7, 11) is 0. The summed E-state index contributed by atoms with van der Waals surface area (Å²) in [4.78, 5) is 14.7. The second-order valence-corrected chi connectivity index (χ2v) is 6.89. The first-order valence-electron chi connectivity index (χ1n) is 7.50. The fourth-order valence-corrected chi connectivity index (χ4v) is 3.23. The first kappa shape index (κ1) is 14.1. The second kappa shape index (κ2) is 6.27. The molecule has 1 heterocycles. The summed E-state index contributed by atoms with van der Waals surface area (Å²) in [6.07, 6.45) is 5.77. The van der Waals surface area contributed by atoms with E-state index in [1.807, 2.05) is 24.3 Å². The monoisotopic (exact) mass is 336 g/mol. The van der Waals surface area contributed by atoms with E-state index in [0.717, 1.165) is 16.2 Å². The average Bonchev–Trinajstić information content (AvgIpc) is 3.27. The predicted molar refractivity (Wildman–Crippen MR) is 84.7 cm³/mol. The molecule has 2 fully saturated rings. The number of anilines is 1. The maximum Gasteiger partial charge on any atom is 0.224 e. The number of likely N-dealkylation sites (tertiary alicyclic amines) is 1. The highest BCUT2D eigenvalue weighted by Gasteiger charge is 2.32. The van der Waals surface area contributed by atoms with Crippen LogP contribution in [0.15, 0.2) is 28.7 Å². The maximum atomic E-state index is 12.1. The Morgan fingerprint density at radius 1 is 1.15 bits per heavy atom. The van der Waals surface area contributed by atoms with Crippen molar-refractivity contribution in [2.75, 3.05) is 18.4 Å². The fourth-order valence-electron chi connectivity index (χ4n) is 2.97. The van der Waals surface area contributed by atoms with E-state index in [-0.39, 0.29) is 5.91 Å². The van der Waals surface area contributed by atoms with Crippen molar-refractivity contribution in [2.45, 2.75) is 38.1 Å². The topological polar surface area (TPSA) is 32.3 Å². The molecule has 1 aromatic carbocycles. The number of carbonyl (C=O) groups is 1. The van der Waals surface area contributed by atoms with Crippen LogP contribution in [0.5, 0.6) is 0 Å². The molecule has 0 spiro atoms. The fraction of sp³-hybridized carbons (Fsp3) is 0.562. The Hall–Kier alpha value is -0.870. The standard InChI is InChI=1S/C16H21BrN2O/c17-13-1-3-14(4-2-13)18-16(20)11-12-7-9-19(10-8-12)15-5-6-15/h1-4,12,15H,5-11H2,(H,18,20). The lowest BCUT2D eigenvalue weighted by molar-refractivity contribution is -0.117. The minimum Gasteiger partial charge on any atom is -0.326 e. The number of amides is 1. The van der Waals surface area contributed by atoms with Crippen molar-refractivity contribution in [1.29, 1.82) is 0 Å². The summed E-state index contributed by atoms with van der Waals surface area (Å²) in [5, 5.41) is 2.99. The lowest BCUT2D eigenvalue weighted by Crippen LogP contribution is -2.36. The SMILES string of the molecule is O=C(CC1CCN(C2CC2)CC1)Nc1ccc(Br)cc1. The van der Waals surface area contributed by atoms with Gasteiger partial charge in [-0.2, -0.15) is 0 Å². The van der Waals surface area contributed by atoms with Gasteiger partial charge in [-0.15, -0.1) is 0 Å². The van der Waals surface area contributed by atoms with Crippen molar-refractivity contribution in [2.24, 2.45) is 5.92 Å². The van der Waals surface area contributed by atoms with E-state index in [1.165, 1.54) is 38.8 Å². The van der Waals surface area contributed by atoms with Crippen molar-refractivity contribution >= 4 is 27.5 Å². The third kappa shape index (κ3) is 3.83. The molecule has 0 unspecified atom stereocenters. The number of carbonyl (C=O) groups excluding carboxylic acids is 1. The van der Waals surface area contributed by atoms with Gasteiger partial charge in [-0.25, -0.2) is 0 Å². The number of piperidine rings is 1. The highest BCUT2D eigenvalue weighted by molar-refractivity contribution is 9.10. The van der Waals surface area contributed by atoms with Gasteiger partial charge in [-0.3, -0.25) is 4.79 Å². The van der Waals surface area contributed by atoms with Crippen molar-refractivity contribution in [3.05, 3.63) is 28.7 Å². The van der Waals surface area contributed by atoms with E-state index < -0.39 is 0 Å². The van der Waals surface area contributed by atoms with Crippen LogP contribution in [0.1, 0.15) is 32.1 Å². The molecule has 3 rings (SSSR count). The van der Waals surface area contributed by atoms with Gasteiger partial charge in [0.15, 0.2) is 0 Å². The van der Waals surface area contributed by atoms with Gasteiger partial charge in [0.1, 0.15) is 0 Å². The zero-order chi connectivity index (χ0) is 13.9. The number of nitrogens with one attached hydrogen (secondary N) is 1. The Morgan fingerprint density at radius 3 is 2.40 bits per heavy atom. The van der Waals surface area contributed by atoms with Gasteiger partial charge in [0, 0.05) is 22.6 Å². The predicted octanol–water partition coefficient (Wildman–Crippen LogP) is 3.65. The Morgan fingerprint density at radius 2 is 1.80 bits per heavy atom. The van der Waals surface area contributed by atoms with E-state index in [4.69, 9.17) is 0 Å². The van der Waals surface area contributed by atoms with Crippen molar-refractivity contribution in [1.82, 2.24) is 4.90 Å². The van der Waals surface area contributed by atoms with Gasteiger partial charge in [-0.05, 0) is 69.0 Å². The number of hydrogen-bond acceptors (Lipinski definition) is 2. The van der Waals surface area contributed by atoms with Crippen LogP contribution >= 0.6 is 15.9 Å². The van der Waals surface area contributed by atoms with Crippen molar-refractivity contribution in [3.8, 4) is 0 Å². The number of benzene rings is 1. The largest absolute Gasteiger partial charge is 0.326 e. The molecule has 1 aliphatic carbocycles. The Balaban J connectivity index is 1.43. The molecule has 0 radical (unpaired) electrons. The summed E-state index contributed by atoms with van der Waals surface area (Å²) in [5.41, 5.74) is 0.883. The lowest BCUT2D eigenvalue weighted by atomic mass is 9.93. The minimum absolute atomic E-state index is 0.150. The molecule has 0 aromatic heterocycles. The van der Waals surface area contributed by atoms with Gasteiger partial charge in [0.2, 0.25) is 5.91 Å². The van der Waals surface area contributed by atoms with Gasteiger partial charge in [0.05, 0.1) is 0 Å². The van der Waals surface area contributed by atoms with Gasteiger partial charge in [0.25, 0.3) is 0 Å². The number of hydrogen-bond donors (Lipinski definition) is 1. The highest BCUT2D eigenvalue weighted by atomic mass is 79.9. The Kier molecular flexibility index (Phi) is 4.41. The molecule has 1 aliphatic heterocycles. The molecule has 1 N–H and O–H groups in total. The molecule has 2 aliphatic rings. The second-order valence-electron chi connectivity index (χ2n) is 5.97. The number of nitrogens with zero attached hydrogens (tertiary/aromatic N) is 1. The Labute approximate surface area is 128 Å². The van der Waals surface area contributed by atoms with Crippen molar-refractivity contribution < 1.29 is 4.79 Å². The van der Waals surface area contributed by atoms with Crippen LogP contribution in [0.25, 0.3) is 0 Å². The van der Waals surface area contributed by atoms with E-state index in [2.05, 4.69) is 26.1 Å². The van der Waals surface area contributed by atoms with Gasteiger partial charge >= 0.3 is 0 Å². The first-order chi connectivity index (χ1) is 9.70. The molecule has 1 aromatic rings. The normalized spacial score (nSPS) is 20.9.